The number of ether oxygens (including phenoxy) is 4. The lowest BCUT2D eigenvalue weighted by atomic mass is 9.76. The zero-order valence-corrected chi connectivity index (χ0v) is 28.6. The number of carbonyl (C=O) groups excluding carboxylic acids is 1. The zero-order valence-electron chi connectivity index (χ0n) is 28.6. The van der Waals surface area contributed by atoms with Crippen LogP contribution in [0.1, 0.15) is 75.2 Å². The van der Waals surface area contributed by atoms with Crippen LogP contribution in [0.15, 0.2) is 47.3 Å². The lowest BCUT2D eigenvalue weighted by Gasteiger charge is -2.49. The van der Waals surface area contributed by atoms with Gasteiger partial charge < -0.3 is 39.4 Å². The van der Waals surface area contributed by atoms with Gasteiger partial charge in [-0.2, -0.15) is 0 Å². The molecular weight excluding hydrogens is 564 g/mol. The molecule has 0 aromatic rings. The summed E-state index contributed by atoms with van der Waals surface area (Å²) in [4.78, 5) is 13.5. The van der Waals surface area contributed by atoms with E-state index in [1.807, 2.05) is 66.7 Å². The van der Waals surface area contributed by atoms with Crippen molar-refractivity contribution in [2.45, 2.75) is 118 Å². The van der Waals surface area contributed by atoms with E-state index in [4.69, 9.17) is 18.9 Å². The number of aliphatic hydroxyl groups excluding tert-OH is 3. The first kappa shape index (κ1) is 38.2. The Kier molecular flexibility index (Phi) is 14.3. The third kappa shape index (κ3) is 9.50. The van der Waals surface area contributed by atoms with E-state index in [0.717, 1.165) is 11.1 Å². The van der Waals surface area contributed by atoms with Gasteiger partial charge in [-0.3, -0.25) is 0 Å². The first-order chi connectivity index (χ1) is 20.5. The molecule has 1 fully saturated rings. The third-order valence-electron chi connectivity index (χ3n) is 9.50. The third-order valence-corrected chi connectivity index (χ3v) is 9.50. The standard InChI is InChI=1S/C35H58O9/c1-19(2)32-24(7)27(36)18-35(40,44-32)26(9)31(38)25(8)33-28(41-10)14-12-13-20(3)15-22(5)30(37)23(6)16-21(4)17-29(42-11)34(39)43-33/h12-14,16-17,19,22-28,30-33,36-38,40H,15,18H2,1-11H3/b14-12+,20-13+,21-16+,29-17-/t22-,23+,24-,25-,26-,27+,28-,30-,31+,32-,33+,35-/m0/s1. The van der Waals surface area contributed by atoms with Crippen molar-refractivity contribution in [3.63, 3.8) is 0 Å². The SMILES string of the molecule is CO/C1=C\C(C)=C\[C@@H](C)[C@@H](O)[C@@H](C)C/C(C)=C/C=C/[C@H](OC)[C@@H]([C@@H](C)[C@@H](O)[C@H](C)[C@]2(O)C[C@@H](O)[C@H](C)[C@H](C(C)C)O2)OC1=O. The minimum atomic E-state index is -1.80. The highest BCUT2D eigenvalue weighted by atomic mass is 16.6. The number of hydrogen-bond donors (Lipinski definition) is 4. The van der Waals surface area contributed by atoms with Crippen molar-refractivity contribution < 1.29 is 44.2 Å². The molecule has 9 nitrogen and oxygen atoms in total. The van der Waals surface area contributed by atoms with E-state index < -0.39 is 60.2 Å². The first-order valence-electron chi connectivity index (χ1n) is 15.9. The Hall–Kier alpha value is -2.01. The first-order valence-corrected chi connectivity index (χ1v) is 15.9. The summed E-state index contributed by atoms with van der Waals surface area (Å²) in [5.74, 6) is -4.49. The second-order valence-corrected chi connectivity index (χ2v) is 13.6. The Labute approximate surface area is 264 Å². The van der Waals surface area contributed by atoms with Gasteiger partial charge in [-0.15, -0.1) is 0 Å². The minimum Gasteiger partial charge on any atom is -0.490 e. The zero-order chi connectivity index (χ0) is 33.5. The van der Waals surface area contributed by atoms with Crippen LogP contribution in [0.4, 0.5) is 0 Å². The van der Waals surface area contributed by atoms with Gasteiger partial charge in [-0.25, -0.2) is 4.79 Å². The van der Waals surface area contributed by atoms with Crippen molar-refractivity contribution in [3.8, 4) is 0 Å². The second kappa shape index (κ2) is 16.5. The molecule has 252 valence electrons. The number of cyclic esters (lactones) is 1. The topological polar surface area (TPSA) is 135 Å². The maximum Gasteiger partial charge on any atom is 0.373 e. The summed E-state index contributed by atoms with van der Waals surface area (Å²) in [5.41, 5.74) is 1.78. The molecule has 0 aromatic heterocycles. The fourth-order valence-corrected chi connectivity index (χ4v) is 6.54. The number of aliphatic hydroxyl groups is 4. The van der Waals surface area contributed by atoms with Crippen molar-refractivity contribution in [3.05, 3.63) is 47.3 Å². The molecule has 0 saturated carbocycles. The molecule has 0 radical (unpaired) electrons. The van der Waals surface area contributed by atoms with Gasteiger partial charge in [0.1, 0.15) is 12.2 Å². The molecule has 2 aliphatic rings. The molecule has 0 bridgehead atoms. The molecule has 1 saturated heterocycles. The number of methoxy groups -OCH3 is 2. The van der Waals surface area contributed by atoms with Gasteiger partial charge >= 0.3 is 5.97 Å². The highest BCUT2D eigenvalue weighted by molar-refractivity contribution is 5.87. The van der Waals surface area contributed by atoms with Crippen molar-refractivity contribution >= 4 is 5.97 Å². The number of rotatable bonds is 7. The smallest absolute Gasteiger partial charge is 0.373 e. The summed E-state index contributed by atoms with van der Waals surface area (Å²) in [5, 5.41) is 45.0. The summed E-state index contributed by atoms with van der Waals surface area (Å²) < 4.78 is 23.4. The summed E-state index contributed by atoms with van der Waals surface area (Å²) >= 11 is 0. The average molecular weight is 623 g/mol. The quantitative estimate of drug-likeness (QED) is 0.298. The van der Waals surface area contributed by atoms with Crippen LogP contribution in [-0.4, -0.2) is 83.0 Å². The fourth-order valence-electron chi connectivity index (χ4n) is 6.54. The Morgan fingerprint density at radius 1 is 1.05 bits per heavy atom. The minimum absolute atomic E-state index is 0.00492. The number of allylic oxidation sites excluding steroid dienone is 5. The molecule has 0 spiro atoms. The van der Waals surface area contributed by atoms with E-state index >= 15 is 0 Å². The van der Waals surface area contributed by atoms with Crippen LogP contribution in [0, 0.1) is 35.5 Å². The van der Waals surface area contributed by atoms with Gasteiger partial charge in [0, 0.05) is 37.2 Å². The molecule has 2 rings (SSSR count). The van der Waals surface area contributed by atoms with Crippen LogP contribution in [0.25, 0.3) is 0 Å². The average Bonchev–Trinajstić information content (AvgIpc) is 2.96. The van der Waals surface area contributed by atoms with E-state index in [1.54, 1.807) is 26.0 Å². The number of carbonyl (C=O) groups is 1. The second-order valence-electron chi connectivity index (χ2n) is 13.6. The summed E-state index contributed by atoms with van der Waals surface area (Å²) in [6.45, 7) is 17.0. The van der Waals surface area contributed by atoms with Gasteiger partial charge in [-0.05, 0) is 38.2 Å². The molecule has 4 N–H and O–H groups in total. The van der Waals surface area contributed by atoms with E-state index in [0.29, 0.717) is 6.42 Å². The maximum absolute atomic E-state index is 13.5. The fraction of sp³-hybridized carbons (Fsp3) is 0.743. The van der Waals surface area contributed by atoms with E-state index in [9.17, 15) is 25.2 Å². The van der Waals surface area contributed by atoms with Gasteiger partial charge in [-0.1, -0.05) is 83.9 Å². The Morgan fingerprint density at radius 2 is 1.68 bits per heavy atom. The van der Waals surface area contributed by atoms with Crippen molar-refractivity contribution in [1.82, 2.24) is 0 Å². The summed E-state index contributed by atoms with van der Waals surface area (Å²) in [7, 11) is 2.87. The normalized spacial score (nSPS) is 41.2. The van der Waals surface area contributed by atoms with Gasteiger partial charge in [0.25, 0.3) is 0 Å². The summed E-state index contributed by atoms with van der Waals surface area (Å²) in [6.07, 6.45) is 4.85. The molecule has 2 aliphatic heterocycles. The van der Waals surface area contributed by atoms with Crippen molar-refractivity contribution in [2.75, 3.05) is 14.2 Å². The Morgan fingerprint density at radius 3 is 2.25 bits per heavy atom. The largest absolute Gasteiger partial charge is 0.490 e. The number of esters is 1. The Bertz CT molecular complexity index is 1060. The van der Waals surface area contributed by atoms with E-state index in [1.165, 1.54) is 14.2 Å². The highest BCUT2D eigenvalue weighted by Gasteiger charge is 2.51. The molecule has 0 unspecified atom stereocenters. The van der Waals surface area contributed by atoms with Crippen LogP contribution in [0.3, 0.4) is 0 Å². The van der Waals surface area contributed by atoms with Crippen LogP contribution < -0.4 is 0 Å². The van der Waals surface area contributed by atoms with Gasteiger partial charge in [0.2, 0.25) is 5.76 Å². The maximum atomic E-state index is 13.5. The van der Waals surface area contributed by atoms with Crippen LogP contribution in [0.5, 0.6) is 0 Å². The molecular formula is C35H58O9. The molecule has 0 amide bonds. The lowest BCUT2D eigenvalue weighted by molar-refractivity contribution is -0.328. The predicted molar refractivity (Wildman–Crippen MR) is 170 cm³/mol. The molecule has 12 atom stereocenters. The molecule has 0 aliphatic carbocycles. The van der Waals surface area contributed by atoms with Crippen LogP contribution in [0.2, 0.25) is 0 Å². The van der Waals surface area contributed by atoms with Crippen LogP contribution in [-0.2, 0) is 23.7 Å². The summed E-state index contributed by atoms with van der Waals surface area (Å²) in [6, 6.07) is 0. The van der Waals surface area contributed by atoms with E-state index in [2.05, 4.69) is 0 Å². The highest BCUT2D eigenvalue weighted by Crippen LogP contribution is 2.41. The van der Waals surface area contributed by atoms with Crippen LogP contribution >= 0.6 is 0 Å². The van der Waals surface area contributed by atoms with Gasteiger partial charge in [0.05, 0.1) is 31.5 Å². The monoisotopic (exact) mass is 622 g/mol. The Balaban J connectivity index is 2.52. The predicted octanol–water partition coefficient (Wildman–Crippen LogP) is 4.69. The van der Waals surface area contributed by atoms with Crippen molar-refractivity contribution in [1.29, 1.82) is 0 Å². The molecule has 2 heterocycles. The lowest BCUT2D eigenvalue weighted by Crippen LogP contribution is -2.59. The molecule has 44 heavy (non-hydrogen) atoms. The van der Waals surface area contributed by atoms with Crippen molar-refractivity contribution in [2.24, 2.45) is 35.5 Å². The molecule has 9 heteroatoms. The van der Waals surface area contributed by atoms with E-state index in [-0.39, 0.29) is 35.9 Å². The molecule has 0 aromatic carbocycles. The number of hydrogen-bond acceptors (Lipinski definition) is 9. The van der Waals surface area contributed by atoms with Gasteiger partial charge in [0.15, 0.2) is 5.79 Å².